The number of carboxylic acid groups (broad SMARTS) is 1. The Hall–Kier alpha value is -0.560. The fourth-order valence-electron chi connectivity index (χ4n) is 2.75. The number of nitrogens with two attached hydrogens (primary N) is 2. The quantitative estimate of drug-likeness (QED) is 0.329. The van der Waals surface area contributed by atoms with Crippen molar-refractivity contribution in [3.8, 4) is 0 Å². The van der Waals surface area contributed by atoms with Crippen molar-refractivity contribution in [3.63, 3.8) is 0 Å². The first-order valence-electron chi connectivity index (χ1n) is 9.98. The van der Waals surface area contributed by atoms with Gasteiger partial charge in [0, 0.05) is 37.0 Å². The highest BCUT2D eigenvalue weighted by atomic mass is 35.5. The van der Waals surface area contributed by atoms with Crippen LogP contribution in [0, 0.1) is 0 Å². The molecule has 0 rings (SSSR count). The number of hydrogen-bond donors (Lipinski definition) is 3. The van der Waals surface area contributed by atoms with E-state index >= 15 is 0 Å². The van der Waals surface area contributed by atoms with Gasteiger partial charge in [-0.05, 0) is 53.4 Å². The topological polar surface area (TPSA) is 110 Å². The largest absolute Gasteiger partial charge is 0.481 e. The molecule has 0 spiro atoms. The third-order valence-electron chi connectivity index (χ3n) is 4.41. The van der Waals surface area contributed by atoms with Crippen molar-refractivity contribution in [3.05, 3.63) is 0 Å². The van der Waals surface area contributed by atoms with Gasteiger partial charge in [-0.25, -0.2) is 0 Å². The van der Waals surface area contributed by atoms with Crippen molar-refractivity contribution in [1.82, 2.24) is 4.90 Å². The summed E-state index contributed by atoms with van der Waals surface area (Å²) in [6.45, 7) is 9.39. The van der Waals surface area contributed by atoms with Crippen LogP contribution >= 0.6 is 24.8 Å². The summed E-state index contributed by atoms with van der Waals surface area (Å²) in [5, 5.41) is 8.72. The number of carbonyl (C=O) groups excluding carboxylic acids is 1. The van der Waals surface area contributed by atoms with Crippen molar-refractivity contribution < 1.29 is 14.7 Å². The van der Waals surface area contributed by atoms with E-state index in [4.69, 9.17) is 16.6 Å². The molecule has 1 amide bonds. The second-order valence-corrected chi connectivity index (χ2v) is 8.87. The van der Waals surface area contributed by atoms with Crippen LogP contribution in [0.1, 0.15) is 91.9 Å². The summed E-state index contributed by atoms with van der Waals surface area (Å²) in [4.78, 5) is 24.9. The van der Waals surface area contributed by atoms with Gasteiger partial charge in [0.05, 0.1) is 0 Å². The molecule has 0 saturated heterocycles. The van der Waals surface area contributed by atoms with Gasteiger partial charge in [-0.1, -0.05) is 25.7 Å². The van der Waals surface area contributed by atoms with Crippen LogP contribution in [0.3, 0.4) is 0 Å². The number of rotatable bonds is 15. The molecule has 0 aromatic heterocycles. The Morgan fingerprint density at radius 2 is 1.25 bits per heavy atom. The van der Waals surface area contributed by atoms with E-state index in [0.717, 1.165) is 45.1 Å². The van der Waals surface area contributed by atoms with Crippen molar-refractivity contribution in [2.75, 3.05) is 13.1 Å². The number of carbonyl (C=O) groups is 2. The summed E-state index contributed by atoms with van der Waals surface area (Å²) in [6, 6.07) is 0. The number of halogens is 2. The minimum absolute atomic E-state index is 0. The van der Waals surface area contributed by atoms with Gasteiger partial charge in [-0.2, -0.15) is 0 Å². The first-order valence-corrected chi connectivity index (χ1v) is 9.98. The number of nitrogens with zero attached hydrogens (tertiary/aromatic N) is 1. The van der Waals surface area contributed by atoms with E-state index in [1.165, 1.54) is 6.42 Å². The van der Waals surface area contributed by atoms with Crippen LogP contribution in [-0.2, 0) is 9.59 Å². The lowest BCUT2D eigenvalue weighted by Crippen LogP contribution is -2.40. The third-order valence-corrected chi connectivity index (χ3v) is 4.41. The van der Waals surface area contributed by atoms with Gasteiger partial charge in [0.25, 0.3) is 0 Å². The van der Waals surface area contributed by atoms with Gasteiger partial charge < -0.3 is 21.5 Å². The van der Waals surface area contributed by atoms with E-state index in [0.29, 0.717) is 19.4 Å². The maximum atomic E-state index is 12.4. The maximum absolute atomic E-state index is 12.4. The highest BCUT2D eigenvalue weighted by Crippen LogP contribution is 2.14. The average molecular weight is 444 g/mol. The normalized spacial score (nSPS) is 11.4. The summed E-state index contributed by atoms with van der Waals surface area (Å²) in [6.07, 6.45) is 8.03. The smallest absolute Gasteiger partial charge is 0.303 e. The molecule has 0 saturated carbocycles. The molecule has 0 aromatic carbocycles. The standard InChI is InChI=1S/C20H41N3O3.2ClH/c1-19(2,21)13-8-6-5-7-9-15-23(16-14-20(3,4)22)17(24)11-10-12-18(25)26;;/h5-16,21-22H2,1-4H3,(H,25,26);2*1H. The van der Waals surface area contributed by atoms with Gasteiger partial charge in [-0.15, -0.1) is 24.8 Å². The van der Waals surface area contributed by atoms with Crippen LogP contribution < -0.4 is 11.5 Å². The number of amides is 1. The van der Waals surface area contributed by atoms with Crippen LogP contribution in [-0.4, -0.2) is 46.1 Å². The van der Waals surface area contributed by atoms with E-state index in [9.17, 15) is 9.59 Å². The highest BCUT2D eigenvalue weighted by molar-refractivity contribution is 5.85. The van der Waals surface area contributed by atoms with E-state index in [1.54, 1.807) is 0 Å². The zero-order chi connectivity index (χ0) is 20.2. The van der Waals surface area contributed by atoms with E-state index < -0.39 is 5.97 Å². The van der Waals surface area contributed by atoms with Crippen LogP contribution in [0.25, 0.3) is 0 Å². The summed E-state index contributed by atoms with van der Waals surface area (Å²) >= 11 is 0. The Kier molecular flexibility index (Phi) is 18.7. The molecule has 0 atom stereocenters. The second kappa shape index (κ2) is 16.3. The number of carboxylic acids is 1. The Labute approximate surface area is 184 Å². The maximum Gasteiger partial charge on any atom is 0.303 e. The third kappa shape index (κ3) is 21.7. The first-order chi connectivity index (χ1) is 11.9. The van der Waals surface area contributed by atoms with Crippen LogP contribution in [0.4, 0.5) is 0 Å². The molecule has 0 aliphatic rings. The van der Waals surface area contributed by atoms with Crippen LogP contribution in [0.2, 0.25) is 0 Å². The molecular formula is C20H43Cl2N3O3. The van der Waals surface area contributed by atoms with Gasteiger partial charge >= 0.3 is 5.97 Å². The Morgan fingerprint density at radius 3 is 1.75 bits per heavy atom. The Balaban J connectivity index is -0.00000312. The molecule has 0 aliphatic carbocycles. The number of hydrogen-bond acceptors (Lipinski definition) is 4. The molecule has 0 aromatic rings. The average Bonchev–Trinajstić information content (AvgIpc) is 2.46. The lowest BCUT2D eigenvalue weighted by atomic mass is 9.97. The molecule has 0 radical (unpaired) electrons. The molecule has 0 fully saturated rings. The molecule has 5 N–H and O–H groups in total. The summed E-state index contributed by atoms with van der Waals surface area (Å²) in [5.41, 5.74) is 11.6. The van der Waals surface area contributed by atoms with Gasteiger partial charge in [0.2, 0.25) is 5.91 Å². The predicted molar refractivity (Wildman–Crippen MR) is 121 cm³/mol. The van der Waals surface area contributed by atoms with E-state index in [1.807, 2.05) is 18.7 Å². The summed E-state index contributed by atoms with van der Waals surface area (Å²) < 4.78 is 0. The van der Waals surface area contributed by atoms with Crippen molar-refractivity contribution >= 4 is 36.7 Å². The van der Waals surface area contributed by atoms with Crippen LogP contribution in [0.5, 0.6) is 0 Å². The Bertz CT molecular complexity index is 422. The molecule has 0 aliphatic heterocycles. The molecule has 6 nitrogen and oxygen atoms in total. The second-order valence-electron chi connectivity index (χ2n) is 8.87. The fraction of sp³-hybridized carbons (Fsp3) is 0.900. The van der Waals surface area contributed by atoms with Crippen molar-refractivity contribution in [1.29, 1.82) is 0 Å². The molecule has 170 valence electrons. The Morgan fingerprint density at radius 1 is 0.750 bits per heavy atom. The van der Waals surface area contributed by atoms with Gasteiger partial charge in [0.1, 0.15) is 0 Å². The minimum atomic E-state index is -0.854. The molecule has 8 heteroatoms. The molecule has 0 heterocycles. The zero-order valence-corrected chi connectivity index (χ0v) is 19.8. The fourth-order valence-corrected chi connectivity index (χ4v) is 2.75. The van der Waals surface area contributed by atoms with Gasteiger partial charge in [-0.3, -0.25) is 9.59 Å². The monoisotopic (exact) mass is 443 g/mol. The zero-order valence-electron chi connectivity index (χ0n) is 18.2. The molecular weight excluding hydrogens is 401 g/mol. The predicted octanol–water partition coefficient (Wildman–Crippen LogP) is 4.12. The van der Waals surface area contributed by atoms with E-state index in [-0.39, 0.29) is 48.2 Å². The molecule has 28 heavy (non-hydrogen) atoms. The number of unbranched alkanes of at least 4 members (excludes halogenated alkanes) is 4. The van der Waals surface area contributed by atoms with Gasteiger partial charge in [0.15, 0.2) is 0 Å². The van der Waals surface area contributed by atoms with E-state index in [2.05, 4.69) is 13.8 Å². The summed E-state index contributed by atoms with van der Waals surface area (Å²) in [5.74, 6) is -0.812. The minimum Gasteiger partial charge on any atom is -0.481 e. The van der Waals surface area contributed by atoms with Crippen molar-refractivity contribution in [2.45, 2.75) is 103 Å². The molecule has 0 unspecified atom stereocenters. The highest BCUT2D eigenvalue weighted by Gasteiger charge is 2.18. The lowest BCUT2D eigenvalue weighted by Gasteiger charge is -2.27. The lowest BCUT2D eigenvalue weighted by molar-refractivity contribution is -0.137. The summed E-state index contributed by atoms with van der Waals surface area (Å²) in [7, 11) is 0. The number of aliphatic carboxylic acids is 1. The SMILES string of the molecule is CC(C)(N)CCCCCCCN(CCC(C)(C)N)C(=O)CCCC(=O)O.Cl.Cl. The first kappa shape index (κ1) is 32.1. The molecule has 0 bridgehead atoms. The van der Waals surface area contributed by atoms with Crippen LogP contribution in [0.15, 0.2) is 0 Å². The van der Waals surface area contributed by atoms with Crippen molar-refractivity contribution in [2.24, 2.45) is 11.5 Å².